The minimum atomic E-state index is -3.45. The topological polar surface area (TPSA) is 72.6 Å². The van der Waals surface area contributed by atoms with Crippen LogP contribution in [0, 0.1) is 25.7 Å². The molecular weight excluding hydrogens is 336 g/mol. The third-order valence-corrected chi connectivity index (χ3v) is 6.96. The molecule has 0 amide bonds. The monoisotopic (exact) mass is 360 g/mol. The number of methoxy groups -OCH3 is 1. The molecule has 0 radical (unpaired) electrons. The zero-order valence-electron chi connectivity index (χ0n) is 13.8. The molecule has 23 heavy (non-hydrogen) atoms. The molecule has 2 N–H and O–H groups in total. The van der Waals surface area contributed by atoms with Gasteiger partial charge in [0.15, 0.2) is 0 Å². The zero-order valence-corrected chi connectivity index (χ0v) is 15.4. The summed E-state index contributed by atoms with van der Waals surface area (Å²) in [4.78, 5) is 0.358. The Bertz CT molecular complexity index is 670. The van der Waals surface area contributed by atoms with Gasteiger partial charge < -0.3 is 10.5 Å². The quantitative estimate of drug-likeness (QED) is 0.895. The van der Waals surface area contributed by atoms with E-state index in [-0.39, 0.29) is 18.4 Å². The van der Waals surface area contributed by atoms with Crippen molar-refractivity contribution >= 4 is 22.4 Å². The second kappa shape index (κ2) is 6.59. The zero-order chi connectivity index (χ0) is 16.1. The van der Waals surface area contributed by atoms with Gasteiger partial charge in [0.25, 0.3) is 0 Å². The number of benzene rings is 1. The summed E-state index contributed by atoms with van der Waals surface area (Å²) in [5, 5.41) is 0. The lowest BCUT2D eigenvalue weighted by Gasteiger charge is -2.20. The van der Waals surface area contributed by atoms with Crippen LogP contribution in [0.3, 0.4) is 0 Å². The highest BCUT2D eigenvalue weighted by atomic mass is 35.5. The van der Waals surface area contributed by atoms with E-state index in [9.17, 15) is 8.42 Å². The molecule has 1 aliphatic carbocycles. The summed E-state index contributed by atoms with van der Waals surface area (Å²) in [6.45, 7) is 4.90. The van der Waals surface area contributed by atoms with Crippen molar-refractivity contribution in [2.75, 3.05) is 20.2 Å². The maximum atomic E-state index is 12.9. The van der Waals surface area contributed by atoms with Crippen molar-refractivity contribution in [2.24, 2.45) is 17.6 Å². The molecule has 1 aromatic rings. The summed E-state index contributed by atoms with van der Waals surface area (Å²) in [5.41, 5.74) is 7.80. The van der Waals surface area contributed by atoms with Crippen LogP contribution >= 0.6 is 12.4 Å². The molecule has 1 saturated heterocycles. The Morgan fingerprint density at radius 3 is 2.30 bits per heavy atom. The molecule has 1 aromatic carbocycles. The molecule has 2 aliphatic rings. The van der Waals surface area contributed by atoms with Crippen LogP contribution in [0.1, 0.15) is 24.0 Å². The normalized spacial score (nSPS) is 27.6. The molecular formula is C16H25ClN2O3S. The van der Waals surface area contributed by atoms with Gasteiger partial charge in [-0.05, 0) is 61.8 Å². The second-order valence-corrected chi connectivity index (χ2v) is 8.52. The lowest BCUT2D eigenvalue weighted by Crippen LogP contribution is -2.33. The van der Waals surface area contributed by atoms with E-state index >= 15 is 0 Å². The molecule has 5 nitrogen and oxygen atoms in total. The lowest BCUT2D eigenvalue weighted by molar-refractivity contribution is 0.407. The molecule has 0 bridgehead atoms. The van der Waals surface area contributed by atoms with Gasteiger partial charge in [-0.25, -0.2) is 8.42 Å². The molecule has 1 heterocycles. The highest BCUT2D eigenvalue weighted by Crippen LogP contribution is 2.39. The van der Waals surface area contributed by atoms with Gasteiger partial charge in [0.2, 0.25) is 10.0 Å². The van der Waals surface area contributed by atoms with Gasteiger partial charge in [-0.15, -0.1) is 12.4 Å². The van der Waals surface area contributed by atoms with Crippen LogP contribution < -0.4 is 10.5 Å². The molecule has 0 aromatic heterocycles. The van der Waals surface area contributed by atoms with E-state index in [1.807, 2.05) is 13.8 Å². The van der Waals surface area contributed by atoms with Crippen LogP contribution in [0.5, 0.6) is 5.75 Å². The van der Waals surface area contributed by atoms with E-state index in [2.05, 4.69) is 0 Å². The highest BCUT2D eigenvalue weighted by Gasteiger charge is 2.45. The van der Waals surface area contributed by atoms with Gasteiger partial charge in [-0.1, -0.05) is 0 Å². The summed E-state index contributed by atoms with van der Waals surface area (Å²) in [5.74, 6) is 1.49. The number of rotatable bonds is 3. The van der Waals surface area contributed by atoms with E-state index in [1.54, 1.807) is 23.5 Å². The molecule has 2 fully saturated rings. The molecule has 7 heteroatoms. The predicted octanol–water partition coefficient (Wildman–Crippen LogP) is 2.09. The van der Waals surface area contributed by atoms with Gasteiger partial charge in [0.05, 0.1) is 12.0 Å². The van der Waals surface area contributed by atoms with E-state index < -0.39 is 10.0 Å². The van der Waals surface area contributed by atoms with Gasteiger partial charge in [-0.3, -0.25) is 0 Å². The van der Waals surface area contributed by atoms with Crippen LogP contribution in [-0.2, 0) is 10.0 Å². The number of halogens is 1. The third kappa shape index (κ3) is 3.09. The van der Waals surface area contributed by atoms with Crippen LogP contribution in [-0.4, -0.2) is 39.0 Å². The largest absolute Gasteiger partial charge is 0.496 e. The first-order valence-corrected chi connectivity index (χ1v) is 9.19. The number of aryl methyl sites for hydroxylation is 2. The Hall–Kier alpha value is -0.820. The first-order valence-electron chi connectivity index (χ1n) is 7.75. The summed E-state index contributed by atoms with van der Waals surface area (Å²) in [6.07, 6.45) is 2.06. The SMILES string of the molecule is COc1c(C)cc(S(=O)(=O)N2CC3CCC(N)C3C2)cc1C.Cl. The van der Waals surface area contributed by atoms with E-state index in [1.165, 1.54) is 0 Å². The standard InChI is InChI=1S/C16H24N2O3S.ClH/c1-10-6-13(7-11(2)16(10)21-3)22(19,20)18-8-12-4-5-15(17)14(12)9-18;/h6-7,12,14-15H,4-5,8-9,17H2,1-3H3;1H. The number of sulfonamides is 1. The van der Waals surface area contributed by atoms with Gasteiger partial charge in [0.1, 0.15) is 5.75 Å². The fourth-order valence-corrected chi connectivity index (χ4v) is 5.70. The van der Waals surface area contributed by atoms with Gasteiger partial charge >= 0.3 is 0 Å². The van der Waals surface area contributed by atoms with Crippen LogP contribution in [0.4, 0.5) is 0 Å². The van der Waals surface area contributed by atoms with Crippen molar-refractivity contribution in [3.63, 3.8) is 0 Å². The van der Waals surface area contributed by atoms with Gasteiger partial charge in [0, 0.05) is 19.1 Å². The Morgan fingerprint density at radius 2 is 1.78 bits per heavy atom. The van der Waals surface area contributed by atoms with Crippen LogP contribution in [0.2, 0.25) is 0 Å². The number of nitrogens with two attached hydrogens (primary N) is 1. The summed E-state index contributed by atoms with van der Waals surface area (Å²) >= 11 is 0. The van der Waals surface area contributed by atoms with Crippen LogP contribution in [0.25, 0.3) is 0 Å². The smallest absolute Gasteiger partial charge is 0.243 e. The third-order valence-electron chi connectivity index (χ3n) is 5.15. The fraction of sp³-hybridized carbons (Fsp3) is 0.625. The van der Waals surface area contributed by atoms with E-state index in [4.69, 9.17) is 10.5 Å². The maximum Gasteiger partial charge on any atom is 0.243 e. The predicted molar refractivity (Wildman–Crippen MR) is 92.7 cm³/mol. The van der Waals surface area contributed by atoms with Crippen molar-refractivity contribution < 1.29 is 13.2 Å². The Kier molecular flexibility index (Phi) is 5.31. The number of fused-ring (bicyclic) bond motifs is 1. The number of nitrogens with zero attached hydrogens (tertiary/aromatic N) is 1. The minimum absolute atomic E-state index is 0. The summed E-state index contributed by atoms with van der Waals surface area (Å²) in [7, 11) is -1.85. The fourth-order valence-electron chi connectivity index (χ4n) is 3.99. The Balaban J connectivity index is 0.00000192. The average molecular weight is 361 g/mol. The molecule has 3 unspecified atom stereocenters. The molecule has 1 aliphatic heterocycles. The van der Waals surface area contributed by atoms with Crippen molar-refractivity contribution in [1.82, 2.24) is 4.31 Å². The first-order chi connectivity index (χ1) is 10.3. The minimum Gasteiger partial charge on any atom is -0.496 e. The van der Waals surface area contributed by atoms with Crippen molar-refractivity contribution in [2.45, 2.75) is 37.6 Å². The molecule has 3 atom stereocenters. The van der Waals surface area contributed by atoms with Crippen molar-refractivity contribution in [3.05, 3.63) is 23.3 Å². The molecule has 130 valence electrons. The highest BCUT2D eigenvalue weighted by molar-refractivity contribution is 7.89. The lowest BCUT2D eigenvalue weighted by atomic mass is 9.98. The summed E-state index contributed by atoms with van der Waals surface area (Å²) in [6, 6.07) is 3.55. The molecule has 1 saturated carbocycles. The van der Waals surface area contributed by atoms with Crippen molar-refractivity contribution in [1.29, 1.82) is 0 Å². The first kappa shape index (κ1) is 18.5. The number of hydrogen-bond acceptors (Lipinski definition) is 4. The molecule has 3 rings (SSSR count). The van der Waals surface area contributed by atoms with E-state index in [0.717, 1.165) is 29.7 Å². The number of hydrogen-bond donors (Lipinski definition) is 1. The van der Waals surface area contributed by atoms with E-state index in [0.29, 0.717) is 29.8 Å². The van der Waals surface area contributed by atoms with Crippen molar-refractivity contribution in [3.8, 4) is 5.75 Å². The van der Waals surface area contributed by atoms with Crippen LogP contribution in [0.15, 0.2) is 17.0 Å². The Labute approximate surface area is 144 Å². The average Bonchev–Trinajstić information content (AvgIpc) is 3.01. The summed E-state index contributed by atoms with van der Waals surface area (Å²) < 4.78 is 32.8. The number of ether oxygens (including phenoxy) is 1. The van der Waals surface area contributed by atoms with Gasteiger partial charge in [-0.2, -0.15) is 4.31 Å². The molecule has 0 spiro atoms. The Morgan fingerprint density at radius 1 is 1.17 bits per heavy atom. The second-order valence-electron chi connectivity index (χ2n) is 6.58. The maximum absolute atomic E-state index is 12.9.